The summed E-state index contributed by atoms with van der Waals surface area (Å²) < 4.78 is 0. The third-order valence-corrected chi connectivity index (χ3v) is 0.794. The molecule has 0 aliphatic carbocycles. The van der Waals surface area contributed by atoms with Gasteiger partial charge in [-0.3, -0.25) is 4.79 Å². The number of rotatable bonds is 4. The third-order valence-electron chi connectivity index (χ3n) is 0.794. The molecule has 0 aliphatic rings. The van der Waals surface area contributed by atoms with E-state index >= 15 is 0 Å². The lowest BCUT2D eigenvalue weighted by molar-refractivity contribution is -0.142. The van der Waals surface area contributed by atoms with Crippen molar-refractivity contribution in [3.8, 4) is 0 Å². The fraction of sp³-hybridized carbons (Fsp3) is 0.750. The predicted molar refractivity (Wildman–Crippen MR) is 30.6 cm³/mol. The first-order valence-electron chi connectivity index (χ1n) is 2.43. The number of nitrogens with two attached hydrogens (primary N) is 1. The Bertz CT molecular complexity index is 95.8. The van der Waals surface area contributed by atoms with Crippen molar-refractivity contribution in [2.24, 2.45) is 5.73 Å². The summed E-state index contributed by atoms with van der Waals surface area (Å²) in [6.45, 7) is 0.0170. The first-order valence-corrected chi connectivity index (χ1v) is 2.43. The molecule has 0 aromatic carbocycles. The van der Waals surface area contributed by atoms with Crippen LogP contribution in [-0.4, -0.2) is 30.8 Å². The summed E-state index contributed by atoms with van der Waals surface area (Å²) in [4.78, 5) is 14.4. The van der Waals surface area contributed by atoms with Crippen molar-refractivity contribution in [2.75, 3.05) is 13.7 Å². The van der Waals surface area contributed by atoms with Crippen LogP contribution in [0, 0.1) is 0 Å². The van der Waals surface area contributed by atoms with Gasteiger partial charge in [-0.15, -0.1) is 0 Å². The van der Waals surface area contributed by atoms with Crippen molar-refractivity contribution in [1.29, 1.82) is 0 Å². The summed E-state index contributed by atoms with van der Waals surface area (Å²) in [6, 6.07) is -0.810. The number of hydrogen-bond acceptors (Lipinski definition) is 4. The minimum absolute atomic E-state index is 0.0170. The maximum absolute atomic E-state index is 10.1. The first-order chi connectivity index (χ1) is 4.22. The number of nitrogens with one attached hydrogen (secondary N) is 1. The zero-order chi connectivity index (χ0) is 7.28. The Labute approximate surface area is 52.7 Å². The molecule has 0 rings (SSSR count). The highest BCUT2D eigenvalue weighted by molar-refractivity contribution is 5.73. The lowest BCUT2D eigenvalue weighted by atomic mass is 10.3. The lowest BCUT2D eigenvalue weighted by Gasteiger charge is -2.07. The van der Waals surface area contributed by atoms with E-state index in [0.717, 1.165) is 0 Å². The molecule has 0 spiro atoms. The van der Waals surface area contributed by atoms with Crippen LogP contribution in [0.2, 0.25) is 0 Å². The molecule has 5 heteroatoms. The zero-order valence-corrected chi connectivity index (χ0v) is 5.13. The Morgan fingerprint density at radius 3 is 2.67 bits per heavy atom. The first kappa shape index (κ1) is 8.35. The van der Waals surface area contributed by atoms with E-state index < -0.39 is 12.0 Å². The minimum atomic E-state index is -1.01. The van der Waals surface area contributed by atoms with E-state index in [0.29, 0.717) is 0 Å². The summed E-state index contributed by atoms with van der Waals surface area (Å²) in [7, 11) is 1.34. The Morgan fingerprint density at radius 2 is 2.56 bits per heavy atom. The number of carboxylic acid groups (broad SMARTS) is 1. The van der Waals surface area contributed by atoms with Gasteiger partial charge in [-0.1, -0.05) is 0 Å². The van der Waals surface area contributed by atoms with E-state index in [9.17, 15) is 4.79 Å². The molecule has 0 saturated carbocycles. The fourth-order valence-corrected chi connectivity index (χ4v) is 0.342. The molecule has 1 unspecified atom stereocenters. The second-order valence-electron chi connectivity index (χ2n) is 1.45. The van der Waals surface area contributed by atoms with Crippen LogP contribution in [0.25, 0.3) is 0 Å². The number of hydroxylamine groups is 1. The fourth-order valence-electron chi connectivity index (χ4n) is 0.342. The van der Waals surface area contributed by atoms with Crippen molar-refractivity contribution in [3.05, 3.63) is 0 Å². The van der Waals surface area contributed by atoms with E-state index in [2.05, 4.69) is 10.3 Å². The van der Waals surface area contributed by atoms with Crippen molar-refractivity contribution >= 4 is 5.97 Å². The van der Waals surface area contributed by atoms with Crippen LogP contribution in [0.15, 0.2) is 0 Å². The zero-order valence-electron chi connectivity index (χ0n) is 5.13. The molecule has 0 heterocycles. The minimum Gasteiger partial charge on any atom is -0.480 e. The third kappa shape index (κ3) is 3.02. The summed E-state index contributed by atoms with van der Waals surface area (Å²) in [6.07, 6.45) is 0. The SMILES string of the molecule is CONC(CN)C(=O)O. The van der Waals surface area contributed by atoms with Crippen molar-refractivity contribution < 1.29 is 14.7 Å². The quantitative estimate of drug-likeness (QED) is 0.409. The van der Waals surface area contributed by atoms with E-state index in [1.807, 2.05) is 0 Å². The summed E-state index contributed by atoms with van der Waals surface area (Å²) in [5.41, 5.74) is 7.24. The topological polar surface area (TPSA) is 84.6 Å². The van der Waals surface area contributed by atoms with E-state index in [1.54, 1.807) is 0 Å². The summed E-state index contributed by atoms with van der Waals surface area (Å²) >= 11 is 0. The van der Waals surface area contributed by atoms with Gasteiger partial charge in [0.15, 0.2) is 0 Å². The van der Waals surface area contributed by atoms with Gasteiger partial charge in [0.1, 0.15) is 6.04 Å². The van der Waals surface area contributed by atoms with E-state index in [-0.39, 0.29) is 6.54 Å². The molecule has 0 radical (unpaired) electrons. The molecule has 9 heavy (non-hydrogen) atoms. The highest BCUT2D eigenvalue weighted by Gasteiger charge is 2.13. The van der Waals surface area contributed by atoms with Gasteiger partial charge in [0.05, 0.1) is 7.11 Å². The van der Waals surface area contributed by atoms with E-state index in [4.69, 9.17) is 10.8 Å². The van der Waals surface area contributed by atoms with Crippen LogP contribution < -0.4 is 11.2 Å². The smallest absolute Gasteiger partial charge is 0.324 e. The molecular formula is C4H10N2O3. The average Bonchev–Trinajstić information content (AvgIpc) is 1.82. The molecule has 0 fully saturated rings. The molecule has 1 atom stereocenters. The van der Waals surface area contributed by atoms with Gasteiger partial charge >= 0.3 is 5.97 Å². The molecule has 5 nitrogen and oxygen atoms in total. The number of carboxylic acids is 1. The molecule has 0 aromatic heterocycles. The van der Waals surface area contributed by atoms with Gasteiger partial charge < -0.3 is 15.7 Å². The van der Waals surface area contributed by atoms with Crippen molar-refractivity contribution in [2.45, 2.75) is 6.04 Å². The Kier molecular flexibility index (Phi) is 3.94. The molecule has 54 valence electrons. The predicted octanol–water partition coefficient (Wildman–Crippen LogP) is -1.45. The van der Waals surface area contributed by atoms with Crippen molar-refractivity contribution in [3.63, 3.8) is 0 Å². The molecule has 4 N–H and O–H groups in total. The second kappa shape index (κ2) is 4.25. The van der Waals surface area contributed by atoms with Crippen LogP contribution in [0.5, 0.6) is 0 Å². The van der Waals surface area contributed by atoms with Gasteiger partial charge in [0, 0.05) is 6.54 Å². The second-order valence-corrected chi connectivity index (χ2v) is 1.45. The largest absolute Gasteiger partial charge is 0.480 e. The van der Waals surface area contributed by atoms with Gasteiger partial charge in [-0.2, -0.15) is 5.48 Å². The Hall–Kier alpha value is -0.650. The molecule has 0 bridgehead atoms. The summed E-state index contributed by atoms with van der Waals surface area (Å²) in [5, 5.41) is 8.28. The van der Waals surface area contributed by atoms with E-state index in [1.165, 1.54) is 7.11 Å². The van der Waals surface area contributed by atoms with Gasteiger partial charge in [-0.25, -0.2) is 0 Å². The molecule has 0 saturated heterocycles. The average molecular weight is 134 g/mol. The Balaban J connectivity index is 3.54. The van der Waals surface area contributed by atoms with Crippen LogP contribution >= 0.6 is 0 Å². The molecular weight excluding hydrogens is 124 g/mol. The highest BCUT2D eigenvalue weighted by atomic mass is 16.6. The number of carbonyl (C=O) groups is 1. The van der Waals surface area contributed by atoms with Crippen molar-refractivity contribution in [1.82, 2.24) is 5.48 Å². The number of aliphatic carboxylic acids is 1. The van der Waals surface area contributed by atoms with Gasteiger partial charge in [0.25, 0.3) is 0 Å². The summed E-state index contributed by atoms with van der Waals surface area (Å²) in [5.74, 6) is -1.01. The van der Waals surface area contributed by atoms with Crippen LogP contribution in [0.4, 0.5) is 0 Å². The van der Waals surface area contributed by atoms with Gasteiger partial charge in [0.2, 0.25) is 0 Å². The number of hydrogen-bond donors (Lipinski definition) is 3. The maximum Gasteiger partial charge on any atom is 0.324 e. The normalized spacial score (nSPS) is 13.1. The van der Waals surface area contributed by atoms with Crippen LogP contribution in [0.1, 0.15) is 0 Å². The van der Waals surface area contributed by atoms with Crippen LogP contribution in [-0.2, 0) is 9.63 Å². The molecule has 0 aromatic rings. The Morgan fingerprint density at radius 1 is 2.00 bits per heavy atom. The standard InChI is InChI=1S/C4H10N2O3/c1-9-6-3(2-5)4(7)8/h3,6H,2,5H2,1H3,(H,7,8). The van der Waals surface area contributed by atoms with Gasteiger partial charge in [-0.05, 0) is 0 Å². The molecule has 0 aliphatic heterocycles. The monoisotopic (exact) mass is 134 g/mol. The lowest BCUT2D eigenvalue weighted by Crippen LogP contribution is -2.41. The van der Waals surface area contributed by atoms with Crippen LogP contribution in [0.3, 0.4) is 0 Å². The maximum atomic E-state index is 10.1. The molecule has 0 amide bonds. The highest BCUT2D eigenvalue weighted by Crippen LogP contribution is 1.77.